The molecule has 3 atom stereocenters. The van der Waals surface area contributed by atoms with Gasteiger partial charge in [-0.1, -0.05) is 70.1 Å². The molecule has 4 amide bonds. The van der Waals surface area contributed by atoms with E-state index >= 15 is 0 Å². The monoisotopic (exact) mass is 713 g/mol. The number of unbranched alkanes of at least 4 members (excludes halogenated alkanes) is 7. The van der Waals surface area contributed by atoms with Gasteiger partial charge in [0, 0.05) is 55.7 Å². The molecule has 0 spiro atoms. The molecule has 278 valence electrons. The Bertz CT molecular complexity index is 1630. The number of hydrogen-bond acceptors (Lipinski definition) is 8. The average molecular weight is 714 g/mol. The van der Waals surface area contributed by atoms with E-state index in [0.29, 0.717) is 29.1 Å². The first-order valence-corrected chi connectivity index (χ1v) is 18.1. The number of nitrogens with zero attached hydrogens (tertiary/aromatic N) is 3. The summed E-state index contributed by atoms with van der Waals surface area (Å²) in [5.41, 5.74) is 2.56. The minimum absolute atomic E-state index is 0.0437. The van der Waals surface area contributed by atoms with Gasteiger partial charge in [-0.05, 0) is 36.2 Å². The van der Waals surface area contributed by atoms with Crippen LogP contribution < -0.4 is 21.3 Å². The summed E-state index contributed by atoms with van der Waals surface area (Å²) in [4.78, 5) is 72.7. The Kier molecular flexibility index (Phi) is 16.3. The predicted molar refractivity (Wildman–Crippen MR) is 195 cm³/mol. The lowest BCUT2D eigenvalue weighted by atomic mass is 10.0. The van der Waals surface area contributed by atoms with Crippen LogP contribution in [0, 0.1) is 0 Å². The van der Waals surface area contributed by atoms with E-state index in [4.69, 9.17) is 0 Å². The summed E-state index contributed by atoms with van der Waals surface area (Å²) in [5, 5.41) is 21.1. The number of H-pyrrole nitrogens is 2. The third-order valence-electron chi connectivity index (χ3n) is 8.68. The smallest absolute Gasteiger partial charge is 0.243 e. The van der Waals surface area contributed by atoms with Gasteiger partial charge in [-0.3, -0.25) is 24.2 Å². The Hall–Kier alpha value is -5.53. The lowest BCUT2D eigenvalue weighted by Gasteiger charge is -2.25. The van der Waals surface area contributed by atoms with E-state index in [9.17, 15) is 24.3 Å². The van der Waals surface area contributed by atoms with Crippen molar-refractivity contribution in [1.29, 1.82) is 0 Å². The van der Waals surface area contributed by atoms with Crippen LogP contribution in [0.5, 0.6) is 5.75 Å². The number of amides is 4. The number of imidazole rings is 2. The van der Waals surface area contributed by atoms with Crippen LogP contribution in [-0.4, -0.2) is 71.8 Å². The number of phenolic OH excluding ortho intramolecular Hbond substituents is 1. The van der Waals surface area contributed by atoms with Crippen LogP contribution in [-0.2, 0) is 45.0 Å². The first-order valence-electron chi connectivity index (χ1n) is 18.1. The lowest BCUT2D eigenvalue weighted by Crippen LogP contribution is -2.58. The van der Waals surface area contributed by atoms with Gasteiger partial charge in [0.25, 0.3) is 0 Å². The largest absolute Gasteiger partial charge is 0.508 e. The normalized spacial score (nSPS) is 12.7. The number of carbonyl (C=O) groups is 4. The van der Waals surface area contributed by atoms with E-state index in [1.807, 2.05) is 6.07 Å². The number of aromatic nitrogens is 5. The van der Waals surface area contributed by atoms with Crippen LogP contribution in [0.3, 0.4) is 0 Å². The summed E-state index contributed by atoms with van der Waals surface area (Å²) < 4.78 is 0. The molecule has 1 aromatic carbocycles. The summed E-state index contributed by atoms with van der Waals surface area (Å²) in [6.07, 6.45) is 17.0. The number of pyridine rings is 1. The molecule has 14 nitrogen and oxygen atoms in total. The SMILES string of the molecule is CCCCCCCCCCC(=O)N[C@@H](Cc1cnc[nH]1)C(=O)N[C@@H](Cc1cnc[nH]1)C(=O)N[C@@H](Cc1ccc(O)cc1)C(=O)NCc1ccccn1. The van der Waals surface area contributed by atoms with Gasteiger partial charge in [-0.25, -0.2) is 9.97 Å². The third-order valence-corrected chi connectivity index (χ3v) is 8.68. The number of benzene rings is 1. The van der Waals surface area contributed by atoms with Crippen molar-refractivity contribution in [2.75, 3.05) is 0 Å². The first kappa shape index (κ1) is 39.3. The highest BCUT2D eigenvalue weighted by atomic mass is 16.3. The van der Waals surface area contributed by atoms with E-state index in [2.05, 4.69) is 53.1 Å². The second-order valence-electron chi connectivity index (χ2n) is 12.9. The van der Waals surface area contributed by atoms with Gasteiger partial charge in [0.2, 0.25) is 23.6 Å². The van der Waals surface area contributed by atoms with Gasteiger partial charge in [-0.2, -0.15) is 0 Å². The van der Waals surface area contributed by atoms with Crippen molar-refractivity contribution < 1.29 is 24.3 Å². The van der Waals surface area contributed by atoms with Crippen LogP contribution in [0.25, 0.3) is 0 Å². The summed E-state index contributed by atoms with van der Waals surface area (Å²) in [5.74, 6) is -1.80. The molecule has 4 aromatic rings. The maximum atomic E-state index is 14.0. The molecule has 0 bridgehead atoms. The highest BCUT2D eigenvalue weighted by Crippen LogP contribution is 2.13. The number of nitrogens with one attached hydrogen (secondary N) is 6. The van der Waals surface area contributed by atoms with Crippen LogP contribution in [0.2, 0.25) is 0 Å². The third kappa shape index (κ3) is 14.0. The maximum Gasteiger partial charge on any atom is 0.243 e. The molecule has 0 saturated carbocycles. The molecule has 14 heteroatoms. The molecule has 52 heavy (non-hydrogen) atoms. The van der Waals surface area contributed by atoms with E-state index < -0.39 is 35.8 Å². The summed E-state index contributed by atoms with van der Waals surface area (Å²) in [6.45, 7) is 2.33. The molecular formula is C38H51N9O5. The quantitative estimate of drug-likeness (QED) is 0.0565. The molecule has 0 unspecified atom stereocenters. The summed E-state index contributed by atoms with van der Waals surface area (Å²) in [6, 6.07) is 8.55. The zero-order valence-corrected chi connectivity index (χ0v) is 29.8. The van der Waals surface area contributed by atoms with Crippen molar-refractivity contribution in [1.82, 2.24) is 46.2 Å². The molecule has 3 heterocycles. The number of carbonyl (C=O) groups excluding carboxylic acids is 4. The Labute approximate surface area is 304 Å². The minimum Gasteiger partial charge on any atom is -0.508 e. The van der Waals surface area contributed by atoms with Crippen LogP contribution in [0.15, 0.2) is 73.7 Å². The summed E-state index contributed by atoms with van der Waals surface area (Å²) >= 11 is 0. The van der Waals surface area contributed by atoms with E-state index in [0.717, 1.165) is 19.3 Å². The Morgan fingerprint density at radius 3 is 1.83 bits per heavy atom. The number of aromatic hydroxyl groups is 1. The van der Waals surface area contributed by atoms with E-state index in [1.165, 1.54) is 50.5 Å². The van der Waals surface area contributed by atoms with Crippen molar-refractivity contribution in [2.45, 2.75) is 109 Å². The molecule has 7 N–H and O–H groups in total. The predicted octanol–water partition coefficient (Wildman–Crippen LogP) is 3.56. The molecular weight excluding hydrogens is 662 g/mol. The molecule has 0 aliphatic heterocycles. The Morgan fingerprint density at radius 1 is 0.692 bits per heavy atom. The van der Waals surface area contributed by atoms with Gasteiger partial charge < -0.3 is 36.3 Å². The highest BCUT2D eigenvalue weighted by Gasteiger charge is 2.31. The van der Waals surface area contributed by atoms with E-state index in [-0.39, 0.29) is 43.9 Å². The van der Waals surface area contributed by atoms with E-state index in [1.54, 1.807) is 42.9 Å². The average Bonchev–Trinajstić information content (AvgIpc) is 3.87. The fourth-order valence-corrected chi connectivity index (χ4v) is 5.76. The number of phenols is 1. The van der Waals surface area contributed by atoms with Crippen LogP contribution >= 0.6 is 0 Å². The topological polar surface area (TPSA) is 207 Å². The van der Waals surface area contributed by atoms with Crippen molar-refractivity contribution in [2.24, 2.45) is 0 Å². The molecule has 0 radical (unpaired) electrons. The molecule has 0 saturated heterocycles. The fourth-order valence-electron chi connectivity index (χ4n) is 5.76. The Balaban J connectivity index is 1.45. The van der Waals surface area contributed by atoms with Crippen LogP contribution in [0.1, 0.15) is 87.4 Å². The molecule has 3 aromatic heterocycles. The number of aromatic amines is 2. The van der Waals surface area contributed by atoms with Crippen LogP contribution in [0.4, 0.5) is 0 Å². The van der Waals surface area contributed by atoms with Crippen molar-refractivity contribution in [3.63, 3.8) is 0 Å². The van der Waals surface area contributed by atoms with Gasteiger partial charge in [0.1, 0.15) is 23.9 Å². The van der Waals surface area contributed by atoms with Gasteiger partial charge in [-0.15, -0.1) is 0 Å². The van der Waals surface area contributed by atoms with Crippen molar-refractivity contribution in [3.05, 3.63) is 96.4 Å². The number of rotatable bonds is 23. The standard InChI is InChI=1S/C38H51N9O5/c1-2-3-4-5-6-7-8-9-13-35(49)45-33(20-29-22-39-25-43-29)37(51)47-34(21-30-23-40-26-44-30)38(52)46-32(19-27-14-16-31(48)17-15-27)36(50)42-24-28-12-10-11-18-41-28/h10-12,14-18,22-23,25-26,32-34,48H,2-9,13,19-21,24H2,1H3,(H,39,43)(H,40,44)(H,42,50)(H,45,49)(H,46,52)(H,47,51)/t32-,33-,34-/m0/s1. The zero-order valence-electron chi connectivity index (χ0n) is 29.8. The molecule has 0 fully saturated rings. The summed E-state index contributed by atoms with van der Waals surface area (Å²) in [7, 11) is 0. The second-order valence-corrected chi connectivity index (χ2v) is 12.9. The van der Waals surface area contributed by atoms with Gasteiger partial charge >= 0.3 is 0 Å². The first-order chi connectivity index (χ1) is 25.3. The highest BCUT2D eigenvalue weighted by molar-refractivity contribution is 5.94. The lowest BCUT2D eigenvalue weighted by molar-refractivity contribution is -0.133. The Morgan fingerprint density at radius 2 is 1.27 bits per heavy atom. The maximum absolute atomic E-state index is 14.0. The van der Waals surface area contributed by atoms with Crippen molar-refractivity contribution >= 4 is 23.6 Å². The zero-order chi connectivity index (χ0) is 37.0. The second kappa shape index (κ2) is 21.6. The fraction of sp³-hybridized carbons (Fsp3) is 0.447. The van der Waals surface area contributed by atoms with Gasteiger partial charge in [0.05, 0.1) is 24.9 Å². The van der Waals surface area contributed by atoms with Gasteiger partial charge in [0.15, 0.2) is 0 Å². The molecule has 4 rings (SSSR count). The molecule has 0 aliphatic carbocycles. The minimum atomic E-state index is -1.13. The number of hydrogen-bond donors (Lipinski definition) is 7. The van der Waals surface area contributed by atoms with Crippen molar-refractivity contribution in [3.8, 4) is 5.75 Å². The molecule has 0 aliphatic rings.